The van der Waals surface area contributed by atoms with Gasteiger partial charge in [0.2, 0.25) is 0 Å². The number of nitrogens with one attached hydrogen (secondary N) is 1. The summed E-state index contributed by atoms with van der Waals surface area (Å²) < 4.78 is 10.8. The monoisotopic (exact) mass is 286 g/mol. The standard InChI is InChI=1S/C17H22N2O2/c1-12(2)21-16-6-4-5-15(17(16)18)19-11-13-7-9-14(20-3)10-8-13/h4-10,12,19H,11,18H2,1-3H3. The first-order valence-electron chi connectivity index (χ1n) is 7.02. The van der Waals surface area contributed by atoms with Crippen LogP contribution in [0.15, 0.2) is 42.5 Å². The quantitative estimate of drug-likeness (QED) is 0.795. The first-order chi connectivity index (χ1) is 10.1. The van der Waals surface area contributed by atoms with Crippen LogP contribution >= 0.6 is 0 Å². The molecule has 0 bridgehead atoms. The van der Waals surface area contributed by atoms with Gasteiger partial charge in [0.1, 0.15) is 11.5 Å². The predicted molar refractivity (Wildman–Crippen MR) is 86.9 cm³/mol. The highest BCUT2D eigenvalue weighted by Crippen LogP contribution is 2.30. The molecular formula is C17H22N2O2. The van der Waals surface area contributed by atoms with Crippen molar-refractivity contribution in [3.05, 3.63) is 48.0 Å². The van der Waals surface area contributed by atoms with E-state index in [-0.39, 0.29) is 6.10 Å². The van der Waals surface area contributed by atoms with Crippen LogP contribution in [0.1, 0.15) is 19.4 Å². The first-order valence-corrected chi connectivity index (χ1v) is 7.02. The van der Waals surface area contributed by atoms with Gasteiger partial charge >= 0.3 is 0 Å². The lowest BCUT2D eigenvalue weighted by Gasteiger charge is -2.16. The van der Waals surface area contributed by atoms with Gasteiger partial charge in [-0.3, -0.25) is 0 Å². The highest BCUT2D eigenvalue weighted by Gasteiger charge is 2.07. The van der Waals surface area contributed by atoms with Gasteiger partial charge in [-0.1, -0.05) is 18.2 Å². The number of hydrogen-bond donors (Lipinski definition) is 2. The predicted octanol–water partition coefficient (Wildman–Crippen LogP) is 3.68. The molecular weight excluding hydrogens is 264 g/mol. The summed E-state index contributed by atoms with van der Waals surface area (Å²) in [6.07, 6.45) is 0.101. The summed E-state index contributed by atoms with van der Waals surface area (Å²) in [6, 6.07) is 13.7. The number of rotatable bonds is 6. The van der Waals surface area contributed by atoms with Gasteiger partial charge in [0.15, 0.2) is 0 Å². The van der Waals surface area contributed by atoms with Crippen molar-refractivity contribution in [3.63, 3.8) is 0 Å². The third-order valence-corrected chi connectivity index (χ3v) is 3.07. The molecule has 21 heavy (non-hydrogen) atoms. The fourth-order valence-corrected chi connectivity index (χ4v) is 2.00. The van der Waals surface area contributed by atoms with Crippen LogP contribution in [0, 0.1) is 0 Å². The fourth-order valence-electron chi connectivity index (χ4n) is 2.00. The van der Waals surface area contributed by atoms with E-state index >= 15 is 0 Å². The molecule has 4 nitrogen and oxygen atoms in total. The van der Waals surface area contributed by atoms with Gasteiger partial charge in [0.05, 0.1) is 24.6 Å². The third-order valence-electron chi connectivity index (χ3n) is 3.07. The van der Waals surface area contributed by atoms with Crippen molar-refractivity contribution in [2.45, 2.75) is 26.5 Å². The highest BCUT2D eigenvalue weighted by atomic mass is 16.5. The van der Waals surface area contributed by atoms with Gasteiger partial charge in [-0.25, -0.2) is 0 Å². The Bertz CT molecular complexity index is 580. The largest absolute Gasteiger partial charge is 0.497 e. The van der Waals surface area contributed by atoms with Crippen LogP contribution in [0.25, 0.3) is 0 Å². The van der Waals surface area contributed by atoms with Gasteiger partial charge in [0.25, 0.3) is 0 Å². The summed E-state index contributed by atoms with van der Waals surface area (Å²) in [5.41, 5.74) is 8.81. The van der Waals surface area contributed by atoms with E-state index in [9.17, 15) is 0 Å². The number of benzene rings is 2. The van der Waals surface area contributed by atoms with E-state index in [1.54, 1.807) is 7.11 Å². The van der Waals surface area contributed by atoms with Crippen LogP contribution in [-0.2, 0) is 6.54 Å². The Kier molecular flexibility index (Phi) is 4.93. The Morgan fingerprint density at radius 3 is 2.43 bits per heavy atom. The number of ether oxygens (including phenoxy) is 2. The van der Waals surface area contributed by atoms with E-state index in [1.807, 2.05) is 56.3 Å². The summed E-state index contributed by atoms with van der Waals surface area (Å²) in [7, 11) is 1.66. The Labute approximate surface area is 125 Å². The Balaban J connectivity index is 2.05. The minimum absolute atomic E-state index is 0.101. The highest BCUT2D eigenvalue weighted by molar-refractivity contribution is 5.73. The molecule has 0 aliphatic heterocycles. The molecule has 0 amide bonds. The fraction of sp³-hybridized carbons (Fsp3) is 0.294. The Hall–Kier alpha value is -2.36. The van der Waals surface area contributed by atoms with Crippen LogP contribution in [0.4, 0.5) is 11.4 Å². The lowest BCUT2D eigenvalue weighted by molar-refractivity contribution is 0.244. The van der Waals surface area contributed by atoms with Crippen molar-refractivity contribution in [1.82, 2.24) is 0 Å². The molecule has 2 aromatic rings. The second-order valence-electron chi connectivity index (χ2n) is 5.09. The van der Waals surface area contributed by atoms with Crippen LogP contribution in [0.2, 0.25) is 0 Å². The minimum atomic E-state index is 0.101. The maximum atomic E-state index is 6.13. The average Bonchev–Trinajstić information content (AvgIpc) is 2.48. The van der Waals surface area contributed by atoms with Gasteiger partial charge in [-0.2, -0.15) is 0 Å². The molecule has 0 fully saturated rings. The molecule has 4 heteroatoms. The summed E-state index contributed by atoms with van der Waals surface area (Å²) in [4.78, 5) is 0. The van der Waals surface area contributed by atoms with Gasteiger partial charge < -0.3 is 20.5 Å². The van der Waals surface area contributed by atoms with Gasteiger partial charge in [-0.05, 0) is 43.7 Å². The summed E-state index contributed by atoms with van der Waals surface area (Å²) >= 11 is 0. The minimum Gasteiger partial charge on any atom is -0.497 e. The van der Waals surface area contributed by atoms with Gasteiger partial charge in [-0.15, -0.1) is 0 Å². The van der Waals surface area contributed by atoms with Gasteiger partial charge in [0, 0.05) is 6.54 Å². The molecule has 0 aromatic heterocycles. The van der Waals surface area contributed by atoms with Crippen molar-refractivity contribution < 1.29 is 9.47 Å². The smallest absolute Gasteiger partial charge is 0.144 e. The van der Waals surface area contributed by atoms with Crippen molar-refractivity contribution in [3.8, 4) is 11.5 Å². The van der Waals surface area contributed by atoms with Crippen LogP contribution in [0.3, 0.4) is 0 Å². The zero-order chi connectivity index (χ0) is 15.2. The zero-order valence-corrected chi connectivity index (χ0v) is 12.7. The van der Waals surface area contributed by atoms with Crippen molar-refractivity contribution >= 4 is 11.4 Å². The molecule has 0 spiro atoms. The molecule has 2 aromatic carbocycles. The molecule has 0 radical (unpaired) electrons. The number of methoxy groups -OCH3 is 1. The normalized spacial score (nSPS) is 10.5. The maximum absolute atomic E-state index is 6.13. The molecule has 0 aliphatic rings. The van der Waals surface area contributed by atoms with Crippen LogP contribution in [-0.4, -0.2) is 13.2 Å². The van der Waals surface area contributed by atoms with Crippen molar-refractivity contribution in [2.75, 3.05) is 18.2 Å². The topological polar surface area (TPSA) is 56.5 Å². The molecule has 0 aliphatic carbocycles. The van der Waals surface area contributed by atoms with Crippen molar-refractivity contribution in [1.29, 1.82) is 0 Å². The van der Waals surface area contributed by atoms with E-state index in [1.165, 1.54) is 0 Å². The molecule has 0 atom stereocenters. The number of nitrogens with two attached hydrogens (primary N) is 1. The number of para-hydroxylation sites is 1. The summed E-state index contributed by atoms with van der Waals surface area (Å²) in [6.45, 7) is 4.66. The molecule has 0 saturated carbocycles. The van der Waals surface area contributed by atoms with E-state index in [0.29, 0.717) is 18.0 Å². The molecule has 3 N–H and O–H groups in total. The van der Waals surface area contributed by atoms with E-state index in [0.717, 1.165) is 17.0 Å². The maximum Gasteiger partial charge on any atom is 0.144 e. The van der Waals surface area contributed by atoms with Crippen LogP contribution in [0.5, 0.6) is 11.5 Å². The Morgan fingerprint density at radius 2 is 1.81 bits per heavy atom. The van der Waals surface area contributed by atoms with E-state index < -0.39 is 0 Å². The third kappa shape index (κ3) is 4.05. The lowest BCUT2D eigenvalue weighted by Crippen LogP contribution is -2.09. The Morgan fingerprint density at radius 1 is 1.10 bits per heavy atom. The summed E-state index contributed by atoms with van der Waals surface area (Å²) in [5, 5.41) is 3.33. The second-order valence-corrected chi connectivity index (χ2v) is 5.09. The first kappa shape index (κ1) is 15.0. The SMILES string of the molecule is COc1ccc(CNc2cccc(OC(C)C)c2N)cc1. The molecule has 2 rings (SSSR count). The molecule has 112 valence electrons. The van der Waals surface area contributed by atoms with Crippen molar-refractivity contribution in [2.24, 2.45) is 0 Å². The van der Waals surface area contributed by atoms with Crippen LogP contribution < -0.4 is 20.5 Å². The summed E-state index contributed by atoms with van der Waals surface area (Å²) in [5.74, 6) is 1.57. The molecule has 0 heterocycles. The van der Waals surface area contributed by atoms with E-state index in [2.05, 4.69) is 5.32 Å². The second kappa shape index (κ2) is 6.88. The van der Waals surface area contributed by atoms with E-state index in [4.69, 9.17) is 15.2 Å². The average molecular weight is 286 g/mol. The lowest BCUT2D eigenvalue weighted by atomic mass is 10.2. The number of hydrogen-bond acceptors (Lipinski definition) is 4. The molecule has 0 unspecified atom stereocenters. The molecule has 0 saturated heterocycles. The number of nitrogen functional groups attached to an aromatic ring is 1. The number of anilines is 2. The zero-order valence-electron chi connectivity index (χ0n) is 12.7.